The highest BCUT2D eigenvalue weighted by Crippen LogP contribution is 2.35. The summed E-state index contributed by atoms with van der Waals surface area (Å²) in [5.74, 6) is -14.5. The number of anilines is 2. The molecule has 3 aromatic carbocycles. The van der Waals surface area contributed by atoms with Crippen LogP contribution in [0.5, 0.6) is 17.2 Å². The summed E-state index contributed by atoms with van der Waals surface area (Å²) >= 11 is 0. The molecule has 9 N–H and O–H groups in total. The number of ether oxygens (including phenoxy) is 13. The van der Waals surface area contributed by atoms with E-state index in [1.165, 1.54) is 31.4 Å². The molecular weight excluding hydrogens is 1520 g/mol. The van der Waals surface area contributed by atoms with E-state index in [9.17, 15) is 54.7 Å². The number of imidazole rings is 2. The van der Waals surface area contributed by atoms with Gasteiger partial charge in [0, 0.05) is 75.7 Å². The number of piperazine rings is 1. The van der Waals surface area contributed by atoms with Gasteiger partial charge >= 0.3 is 16.1 Å². The van der Waals surface area contributed by atoms with E-state index < -0.39 is 80.1 Å². The van der Waals surface area contributed by atoms with E-state index in [0.29, 0.717) is 184 Å². The van der Waals surface area contributed by atoms with Crippen LogP contribution < -0.4 is 42.0 Å². The van der Waals surface area contributed by atoms with Gasteiger partial charge < -0.3 is 92.8 Å². The number of primary amides is 2. The molecule has 0 atom stereocenters. The molecule has 7 rings (SSSR count). The molecule has 0 bridgehead atoms. The van der Waals surface area contributed by atoms with E-state index in [2.05, 4.69) is 35.3 Å². The number of carbonyl (C=O) groups excluding carboxylic acids is 6. The van der Waals surface area contributed by atoms with Gasteiger partial charge in [0.1, 0.15) is 33.9 Å². The second-order valence-electron chi connectivity index (χ2n) is 24.7. The maximum Gasteiger partial charge on any atom is 0.313 e. The molecule has 36 nitrogen and oxygen atoms in total. The summed E-state index contributed by atoms with van der Waals surface area (Å²) < 4.78 is 163. The van der Waals surface area contributed by atoms with Crippen LogP contribution in [0.15, 0.2) is 64.1 Å². The number of rotatable bonds is 54. The van der Waals surface area contributed by atoms with Crippen molar-refractivity contribution in [2.45, 2.75) is 71.5 Å². The molecule has 4 heterocycles. The predicted molar refractivity (Wildman–Crippen MR) is 400 cm³/mol. The summed E-state index contributed by atoms with van der Waals surface area (Å²) in [5, 5.41) is 10.2. The quantitative estimate of drug-likeness (QED) is 0.00456. The SMILES string of the molecule is CCN=C(C=C(C)N)C(=O)Nc1nc2cc(C(N)=O)cc(OC)c2n1C/C=C/Cn1c(NC(=O)c2cc(C)nn2CC)nc2cc(C(N)=O)cc(OCCCN3CCN(C(=O)CCOCCOCCOCCOCCOCCOCCOCCOCCOCCOCCC(=O)Oc4c(F)c(F)c(S(=O)(=O)O)c(F)c4F)CC3)c21. The van der Waals surface area contributed by atoms with Gasteiger partial charge in [0.05, 0.1) is 175 Å². The van der Waals surface area contributed by atoms with Gasteiger partial charge in [0.2, 0.25) is 47.0 Å². The third-order valence-electron chi connectivity index (χ3n) is 16.5. The average Bonchev–Trinajstić information content (AvgIpc) is 1.71. The lowest BCUT2D eigenvalue weighted by Gasteiger charge is -2.34. The molecule has 3 aromatic heterocycles. The number of esters is 1. The summed E-state index contributed by atoms with van der Waals surface area (Å²) in [7, 11) is -4.23. The Balaban J connectivity index is 0.717. The number of hydrogen-bond donors (Lipinski definition) is 6. The Morgan fingerprint density at radius 2 is 1.04 bits per heavy atom. The number of aliphatic imine (C=N–C) groups is 1. The molecule has 0 aliphatic carbocycles. The number of nitrogens with two attached hydrogens (primary N) is 3. The first-order chi connectivity index (χ1) is 54.3. The van der Waals surface area contributed by atoms with Crippen molar-refractivity contribution in [2.24, 2.45) is 22.2 Å². The van der Waals surface area contributed by atoms with Gasteiger partial charge in [-0.3, -0.25) is 58.5 Å². The molecular formula is C72H98F4N14O22S. The number of allylic oxidation sites excluding steroid dienone is 3. The first-order valence-electron chi connectivity index (χ1n) is 36.3. The Bertz CT molecular complexity index is 4350. The number of aromatic nitrogens is 6. The van der Waals surface area contributed by atoms with Gasteiger partial charge in [-0.25, -0.2) is 18.7 Å². The van der Waals surface area contributed by atoms with E-state index >= 15 is 0 Å². The topological polar surface area (TPSA) is 451 Å². The van der Waals surface area contributed by atoms with Gasteiger partial charge in [0.15, 0.2) is 16.5 Å². The van der Waals surface area contributed by atoms with Crippen LogP contribution in [0, 0.1) is 30.2 Å². The van der Waals surface area contributed by atoms with Gasteiger partial charge in [-0.1, -0.05) is 12.2 Å². The fourth-order valence-electron chi connectivity index (χ4n) is 11.1. The maximum absolute atomic E-state index is 14.1. The monoisotopic (exact) mass is 1620 g/mol. The molecule has 0 spiro atoms. The summed E-state index contributed by atoms with van der Waals surface area (Å²) in [6.45, 7) is 16.6. The molecule has 1 saturated heterocycles. The Kier molecular flexibility index (Phi) is 37.8. The first-order valence-corrected chi connectivity index (χ1v) is 37.8. The largest absolute Gasteiger partial charge is 0.494 e. The number of aryl methyl sites for hydroxylation is 2. The molecule has 6 aromatic rings. The average molecular weight is 1620 g/mol. The van der Waals surface area contributed by atoms with E-state index in [1.807, 2.05) is 17.9 Å². The van der Waals surface area contributed by atoms with Crippen LogP contribution in [0.25, 0.3) is 22.1 Å². The van der Waals surface area contributed by atoms with Crippen LogP contribution in [0.4, 0.5) is 29.5 Å². The van der Waals surface area contributed by atoms with Crippen molar-refractivity contribution in [1.82, 2.24) is 38.7 Å². The van der Waals surface area contributed by atoms with Crippen LogP contribution in [0.3, 0.4) is 0 Å². The van der Waals surface area contributed by atoms with Crippen LogP contribution in [0.1, 0.15) is 76.9 Å². The third kappa shape index (κ3) is 28.5. The molecule has 41 heteroatoms. The second-order valence-corrected chi connectivity index (χ2v) is 26.1. The molecule has 0 saturated carbocycles. The number of nitrogens with zero attached hydrogens (tertiary/aromatic N) is 9. The smallest absolute Gasteiger partial charge is 0.313 e. The number of hydrogen-bond acceptors (Lipinski definition) is 27. The molecule has 113 heavy (non-hydrogen) atoms. The highest BCUT2D eigenvalue weighted by atomic mass is 32.2. The third-order valence-corrected chi connectivity index (χ3v) is 17.3. The Morgan fingerprint density at radius 3 is 1.47 bits per heavy atom. The minimum Gasteiger partial charge on any atom is -0.494 e. The molecule has 1 aliphatic heterocycles. The minimum absolute atomic E-state index is 0.00402. The number of nitrogens with one attached hydrogen (secondary N) is 2. The van der Waals surface area contributed by atoms with Gasteiger partial charge in [0.25, 0.3) is 11.8 Å². The Labute approximate surface area is 649 Å². The van der Waals surface area contributed by atoms with Crippen molar-refractivity contribution in [3.8, 4) is 17.2 Å². The highest BCUT2D eigenvalue weighted by Gasteiger charge is 2.35. The molecule has 622 valence electrons. The number of amides is 5. The van der Waals surface area contributed by atoms with E-state index in [1.54, 1.807) is 52.8 Å². The zero-order valence-electron chi connectivity index (χ0n) is 63.7. The Morgan fingerprint density at radius 1 is 0.593 bits per heavy atom. The first kappa shape index (κ1) is 90.6. The van der Waals surface area contributed by atoms with Crippen molar-refractivity contribution >= 4 is 85.3 Å². The summed E-state index contributed by atoms with van der Waals surface area (Å²) in [5.41, 5.74) is 20.6. The van der Waals surface area contributed by atoms with Crippen LogP contribution in [-0.4, -0.2) is 278 Å². The molecule has 5 amide bonds. The van der Waals surface area contributed by atoms with Gasteiger partial charge in [-0.2, -0.15) is 22.3 Å². The van der Waals surface area contributed by atoms with Crippen molar-refractivity contribution in [1.29, 1.82) is 0 Å². The Hall–Kier alpha value is -9.63. The van der Waals surface area contributed by atoms with Crippen molar-refractivity contribution in [3.05, 3.63) is 100 Å². The molecule has 0 radical (unpaired) electrons. The maximum atomic E-state index is 14.1. The van der Waals surface area contributed by atoms with E-state index in [-0.39, 0.29) is 112 Å². The van der Waals surface area contributed by atoms with Crippen molar-refractivity contribution in [2.75, 3.05) is 196 Å². The van der Waals surface area contributed by atoms with E-state index in [4.69, 9.17) is 83.6 Å². The van der Waals surface area contributed by atoms with Crippen LogP contribution in [-0.2, 0) is 91.5 Å². The summed E-state index contributed by atoms with van der Waals surface area (Å²) in [6.07, 6.45) is 5.26. The standard InChI is InChI=1S/C72H98F4N14O22S/c1-6-80-53(41-47(3)77)69(95)83-71-81-51-43-49(67(78)93)45-55(100-5)63(51)88(71)14-8-9-15-89-64-52(82-72(89)84-70(96)54-42-48(4)85-90(54)7-2)44-50(68(79)94)46-56(64)111-20-10-13-86-16-18-87(19-17-86)57(91)11-21-101-23-25-103-27-29-105-31-33-107-35-37-109-39-40-110-38-36-108-34-32-106-30-28-104-26-24-102-22-12-58(92)112-65-59(73)61(75)66(113(97,98)99)62(76)60(65)74/h8-9,41-46H,6-7,10-40,77H2,1-5H3,(H2,78,93)(H2,79,94)(H,81,83,95)(H,82,84,96)(H,97,98,99)/b9-8+,47-41?,80-53?. The lowest BCUT2D eigenvalue weighted by molar-refractivity contribution is -0.136. The molecule has 0 unspecified atom stereocenters. The lowest BCUT2D eigenvalue weighted by atomic mass is 10.1. The summed E-state index contributed by atoms with van der Waals surface area (Å²) in [6, 6.07) is 7.71. The second kappa shape index (κ2) is 47.1. The number of carbonyl (C=O) groups is 6. The van der Waals surface area contributed by atoms with Gasteiger partial charge in [-0.15, -0.1) is 0 Å². The minimum atomic E-state index is -5.66. The lowest BCUT2D eigenvalue weighted by Crippen LogP contribution is -2.49. The van der Waals surface area contributed by atoms with Crippen LogP contribution >= 0.6 is 0 Å². The highest BCUT2D eigenvalue weighted by molar-refractivity contribution is 7.85. The normalized spacial score (nSPS) is 13.1. The fourth-order valence-corrected chi connectivity index (χ4v) is 11.7. The zero-order chi connectivity index (χ0) is 81.8. The van der Waals surface area contributed by atoms with Crippen molar-refractivity contribution in [3.63, 3.8) is 0 Å². The van der Waals surface area contributed by atoms with Crippen molar-refractivity contribution < 1.29 is 121 Å². The van der Waals surface area contributed by atoms with E-state index in [0.717, 1.165) is 0 Å². The summed E-state index contributed by atoms with van der Waals surface area (Å²) in [4.78, 5) is 93.6. The number of fused-ring (bicyclic) bond motifs is 2. The van der Waals surface area contributed by atoms with Crippen LogP contribution in [0.2, 0.25) is 0 Å². The molecule has 1 aliphatic rings. The predicted octanol–water partition coefficient (Wildman–Crippen LogP) is 4.16. The molecule has 1 fully saturated rings. The zero-order valence-corrected chi connectivity index (χ0v) is 64.5. The van der Waals surface area contributed by atoms with Gasteiger partial charge in [-0.05, 0) is 70.5 Å². The fraction of sp³-hybridized carbons (Fsp3) is 0.528. The number of methoxy groups -OCH3 is 1. The number of benzene rings is 3. The number of halogens is 4.